The Balaban J connectivity index is 1.70. The second kappa shape index (κ2) is 8.24. The fourth-order valence-corrected chi connectivity index (χ4v) is 1.88. The van der Waals surface area contributed by atoms with Gasteiger partial charge in [-0.3, -0.25) is 0 Å². The van der Waals surface area contributed by atoms with Gasteiger partial charge in [-0.1, -0.05) is 24.3 Å². The largest absolute Gasteiger partial charge is 0.491 e. The predicted octanol–water partition coefficient (Wildman–Crippen LogP) is 1.62. The Labute approximate surface area is 124 Å². The molecule has 1 atom stereocenters. The van der Waals surface area contributed by atoms with Crippen LogP contribution in [0.25, 0.3) is 0 Å². The molecule has 0 saturated heterocycles. The summed E-state index contributed by atoms with van der Waals surface area (Å²) in [4.78, 5) is 4.12. The highest BCUT2D eigenvalue weighted by molar-refractivity contribution is 5.25. The number of ether oxygens (including phenoxy) is 2. The first-order chi connectivity index (χ1) is 10.3. The third kappa shape index (κ3) is 5.06. The molecule has 0 spiro atoms. The molecule has 5 nitrogen and oxygen atoms in total. The minimum atomic E-state index is -0.576. The van der Waals surface area contributed by atoms with Gasteiger partial charge in [-0.2, -0.15) is 0 Å². The lowest BCUT2D eigenvalue weighted by Crippen LogP contribution is -2.31. The maximum Gasteiger partial charge on any atom is 0.217 e. The highest BCUT2D eigenvalue weighted by Gasteiger charge is 2.07. The first kappa shape index (κ1) is 15.3. The van der Waals surface area contributed by atoms with Crippen molar-refractivity contribution in [3.8, 4) is 11.6 Å². The van der Waals surface area contributed by atoms with Crippen molar-refractivity contribution in [2.24, 2.45) is 0 Å². The summed E-state index contributed by atoms with van der Waals surface area (Å²) >= 11 is 0. The second-order valence-electron chi connectivity index (χ2n) is 4.58. The van der Waals surface area contributed by atoms with Gasteiger partial charge in [-0.25, -0.2) is 4.98 Å². The van der Waals surface area contributed by atoms with Crippen molar-refractivity contribution >= 4 is 0 Å². The molecule has 0 aliphatic rings. The molecule has 2 rings (SSSR count). The molecule has 1 aromatic carbocycles. The van der Waals surface area contributed by atoms with Gasteiger partial charge in [0.25, 0.3) is 0 Å². The Morgan fingerprint density at radius 3 is 2.76 bits per heavy atom. The molecule has 21 heavy (non-hydrogen) atoms. The van der Waals surface area contributed by atoms with Gasteiger partial charge >= 0.3 is 0 Å². The Bertz CT molecular complexity index is 534. The van der Waals surface area contributed by atoms with Crippen molar-refractivity contribution in [1.29, 1.82) is 0 Å². The normalized spacial score (nSPS) is 11.9. The Kier molecular flexibility index (Phi) is 5.99. The minimum absolute atomic E-state index is 0.251. The Hall–Kier alpha value is -2.11. The maximum atomic E-state index is 9.88. The average molecular weight is 288 g/mol. The number of aromatic nitrogens is 1. The standard InChI is InChI=1S/C16H20N2O3/c1-20-16-13(6-5-9-18-16)10-17-11-14(19)12-21-15-7-3-2-4-8-15/h2-9,14,17,19H,10-12H2,1H3. The molecule has 2 aromatic rings. The zero-order valence-electron chi connectivity index (χ0n) is 12.0. The first-order valence-corrected chi connectivity index (χ1v) is 6.84. The molecule has 0 fully saturated rings. The molecule has 1 aromatic heterocycles. The van der Waals surface area contributed by atoms with Crippen LogP contribution in [0.5, 0.6) is 11.6 Å². The average Bonchev–Trinajstić information content (AvgIpc) is 2.54. The van der Waals surface area contributed by atoms with Gasteiger partial charge in [0.1, 0.15) is 18.5 Å². The van der Waals surface area contributed by atoms with E-state index in [-0.39, 0.29) is 6.61 Å². The lowest BCUT2D eigenvalue weighted by Gasteiger charge is -2.14. The molecule has 1 heterocycles. The summed E-state index contributed by atoms with van der Waals surface area (Å²) in [5.74, 6) is 1.35. The van der Waals surface area contributed by atoms with Crippen LogP contribution < -0.4 is 14.8 Å². The smallest absolute Gasteiger partial charge is 0.217 e. The molecule has 2 N–H and O–H groups in total. The highest BCUT2D eigenvalue weighted by atomic mass is 16.5. The fraction of sp³-hybridized carbons (Fsp3) is 0.312. The molecule has 112 valence electrons. The number of hydrogen-bond donors (Lipinski definition) is 2. The summed E-state index contributed by atoms with van der Waals surface area (Å²) < 4.78 is 10.7. The fourth-order valence-electron chi connectivity index (χ4n) is 1.88. The summed E-state index contributed by atoms with van der Waals surface area (Å²) in [6, 6.07) is 13.2. The number of benzene rings is 1. The number of rotatable bonds is 8. The van der Waals surface area contributed by atoms with Crippen molar-refractivity contribution in [3.63, 3.8) is 0 Å². The van der Waals surface area contributed by atoms with Gasteiger partial charge in [0.05, 0.1) is 7.11 Å². The number of aliphatic hydroxyl groups is 1. The van der Waals surface area contributed by atoms with Crippen molar-refractivity contribution in [1.82, 2.24) is 10.3 Å². The van der Waals surface area contributed by atoms with E-state index in [9.17, 15) is 5.11 Å². The van der Waals surface area contributed by atoms with Crippen LogP contribution in [0.1, 0.15) is 5.56 Å². The number of nitrogens with zero attached hydrogens (tertiary/aromatic N) is 1. The molecule has 0 aliphatic heterocycles. The van der Waals surface area contributed by atoms with Gasteiger partial charge < -0.3 is 19.9 Å². The molecule has 0 amide bonds. The highest BCUT2D eigenvalue weighted by Crippen LogP contribution is 2.12. The zero-order valence-corrected chi connectivity index (χ0v) is 12.0. The van der Waals surface area contributed by atoms with E-state index >= 15 is 0 Å². The van der Waals surface area contributed by atoms with Crippen LogP contribution in [0.3, 0.4) is 0 Å². The van der Waals surface area contributed by atoms with E-state index in [1.54, 1.807) is 13.3 Å². The predicted molar refractivity (Wildman–Crippen MR) is 80.4 cm³/mol. The number of nitrogens with one attached hydrogen (secondary N) is 1. The van der Waals surface area contributed by atoms with E-state index in [1.807, 2.05) is 42.5 Å². The molecule has 0 aliphatic carbocycles. The van der Waals surface area contributed by atoms with Gasteiger partial charge in [0.15, 0.2) is 0 Å². The summed E-state index contributed by atoms with van der Waals surface area (Å²) in [6.45, 7) is 1.27. The maximum absolute atomic E-state index is 9.88. The van der Waals surface area contributed by atoms with Crippen LogP contribution in [0, 0.1) is 0 Å². The van der Waals surface area contributed by atoms with Gasteiger partial charge in [0.2, 0.25) is 5.88 Å². The summed E-state index contributed by atoms with van der Waals surface area (Å²) in [5, 5.41) is 13.0. The van der Waals surface area contributed by atoms with Crippen molar-refractivity contribution in [2.75, 3.05) is 20.3 Å². The second-order valence-corrected chi connectivity index (χ2v) is 4.58. The van der Waals surface area contributed by atoms with Crippen LogP contribution >= 0.6 is 0 Å². The molecule has 0 saturated carbocycles. The molecular weight excluding hydrogens is 268 g/mol. The third-order valence-corrected chi connectivity index (χ3v) is 2.92. The number of pyridine rings is 1. The molecule has 0 bridgehead atoms. The summed E-state index contributed by atoms with van der Waals surface area (Å²) in [7, 11) is 1.59. The van der Waals surface area contributed by atoms with Crippen molar-refractivity contribution in [2.45, 2.75) is 12.6 Å². The van der Waals surface area contributed by atoms with Gasteiger partial charge in [-0.05, 0) is 18.2 Å². The zero-order chi connectivity index (χ0) is 14.9. The lowest BCUT2D eigenvalue weighted by molar-refractivity contribution is 0.106. The van der Waals surface area contributed by atoms with Crippen LogP contribution in [0.4, 0.5) is 0 Å². The van der Waals surface area contributed by atoms with Crippen LogP contribution in [-0.4, -0.2) is 36.5 Å². The van der Waals surface area contributed by atoms with E-state index in [4.69, 9.17) is 9.47 Å². The molecule has 0 radical (unpaired) electrons. The number of hydrogen-bond acceptors (Lipinski definition) is 5. The van der Waals surface area contributed by atoms with E-state index in [1.165, 1.54) is 0 Å². The van der Waals surface area contributed by atoms with Crippen LogP contribution in [0.15, 0.2) is 48.7 Å². The topological polar surface area (TPSA) is 63.6 Å². The quantitative estimate of drug-likeness (QED) is 0.773. The van der Waals surface area contributed by atoms with Gasteiger partial charge in [0, 0.05) is 24.8 Å². The van der Waals surface area contributed by atoms with E-state index in [2.05, 4.69) is 10.3 Å². The summed E-state index contributed by atoms with van der Waals surface area (Å²) in [5.41, 5.74) is 0.955. The monoisotopic (exact) mass is 288 g/mol. The van der Waals surface area contributed by atoms with Crippen molar-refractivity contribution in [3.05, 3.63) is 54.2 Å². The minimum Gasteiger partial charge on any atom is -0.491 e. The van der Waals surface area contributed by atoms with E-state index in [0.717, 1.165) is 11.3 Å². The SMILES string of the molecule is COc1ncccc1CNCC(O)COc1ccccc1. The van der Waals surface area contributed by atoms with E-state index in [0.29, 0.717) is 19.0 Å². The number of para-hydroxylation sites is 1. The van der Waals surface area contributed by atoms with Crippen LogP contribution in [0.2, 0.25) is 0 Å². The Morgan fingerprint density at radius 1 is 1.19 bits per heavy atom. The molecule has 1 unspecified atom stereocenters. The first-order valence-electron chi connectivity index (χ1n) is 6.84. The molecule has 5 heteroatoms. The Morgan fingerprint density at radius 2 is 2.00 bits per heavy atom. The van der Waals surface area contributed by atoms with E-state index < -0.39 is 6.10 Å². The third-order valence-electron chi connectivity index (χ3n) is 2.92. The number of methoxy groups -OCH3 is 1. The number of aliphatic hydroxyl groups excluding tert-OH is 1. The summed E-state index contributed by atoms with van der Waals surface area (Å²) in [6.07, 6.45) is 1.11. The lowest BCUT2D eigenvalue weighted by atomic mass is 10.2. The molecular formula is C16H20N2O3. The van der Waals surface area contributed by atoms with Crippen LogP contribution in [-0.2, 0) is 6.54 Å². The van der Waals surface area contributed by atoms with Gasteiger partial charge in [-0.15, -0.1) is 0 Å². The van der Waals surface area contributed by atoms with Crippen molar-refractivity contribution < 1.29 is 14.6 Å².